The Bertz CT molecular complexity index is 1330. The van der Waals surface area contributed by atoms with Crippen molar-refractivity contribution in [2.75, 3.05) is 0 Å². The van der Waals surface area contributed by atoms with Crippen molar-refractivity contribution in [1.82, 2.24) is 0 Å². The molecule has 0 saturated heterocycles. The van der Waals surface area contributed by atoms with Crippen molar-refractivity contribution in [3.05, 3.63) is 130 Å². The fourth-order valence-corrected chi connectivity index (χ4v) is 12.4. The minimum absolute atomic E-state index is 0. The Morgan fingerprint density at radius 3 is 1.10 bits per heavy atom. The summed E-state index contributed by atoms with van der Waals surface area (Å²) >= 11 is 0. The summed E-state index contributed by atoms with van der Waals surface area (Å²) in [5.74, 6) is 0. The van der Waals surface area contributed by atoms with Gasteiger partial charge in [0.25, 0.3) is 0 Å². The first kappa shape index (κ1) is 32.8. The summed E-state index contributed by atoms with van der Waals surface area (Å²) in [5.41, 5.74) is 19.2. The largest absolute Gasteiger partial charge is 1.00 e. The summed E-state index contributed by atoms with van der Waals surface area (Å²) in [6.07, 6.45) is 4.51. The van der Waals surface area contributed by atoms with E-state index in [1.807, 2.05) is 0 Å². The van der Waals surface area contributed by atoms with Crippen LogP contribution in [-0.4, -0.2) is 16.1 Å². The van der Waals surface area contributed by atoms with Crippen LogP contribution in [0.25, 0.3) is 21.5 Å². The van der Waals surface area contributed by atoms with Crippen LogP contribution in [0.5, 0.6) is 0 Å². The van der Waals surface area contributed by atoms with E-state index in [2.05, 4.69) is 136 Å². The predicted octanol–water partition coefficient (Wildman–Crippen LogP) is 4.18. The van der Waals surface area contributed by atoms with Crippen molar-refractivity contribution >= 4 is 37.7 Å². The molecule has 0 amide bonds. The molecule has 0 fully saturated rings. The van der Waals surface area contributed by atoms with Gasteiger partial charge in [-0.05, 0) is 11.1 Å². The maximum atomic E-state index is 4.03. The van der Waals surface area contributed by atoms with Crippen LogP contribution >= 0.6 is 0 Å². The molecular weight excluding hydrogens is 502 g/mol. The van der Waals surface area contributed by atoms with Gasteiger partial charge in [0.1, 0.15) is 0 Å². The Hall–Kier alpha value is -1.75. The van der Waals surface area contributed by atoms with Crippen molar-refractivity contribution in [1.29, 1.82) is 0 Å². The van der Waals surface area contributed by atoms with E-state index in [-0.39, 0.29) is 37.7 Å². The van der Waals surface area contributed by atoms with Crippen LogP contribution < -0.4 is 37.7 Å². The van der Waals surface area contributed by atoms with Crippen LogP contribution in [0, 0.1) is 11.4 Å². The summed E-state index contributed by atoms with van der Waals surface area (Å²) in [6, 6.07) is 31.4. The average molecular weight is 543 g/mol. The second-order valence-corrected chi connectivity index (χ2v) is 19.8. The molecule has 0 atom stereocenters. The first-order chi connectivity index (χ1) is 18.3. The second kappa shape index (κ2) is 13.5. The van der Waals surface area contributed by atoms with Crippen molar-refractivity contribution < 1.29 is 37.7 Å². The van der Waals surface area contributed by atoms with Gasteiger partial charge >= 0.3 is 37.7 Å². The van der Waals surface area contributed by atoms with Crippen LogP contribution in [0.4, 0.5) is 0 Å². The fourth-order valence-electron chi connectivity index (χ4n) is 6.48. The number of allylic oxidation sites excluding steroid dienone is 4. The van der Waals surface area contributed by atoms with Gasteiger partial charge in [0.2, 0.25) is 0 Å². The predicted molar refractivity (Wildman–Crippen MR) is 171 cm³/mol. The van der Waals surface area contributed by atoms with E-state index < -0.39 is 16.1 Å². The molecule has 4 heteroatoms. The van der Waals surface area contributed by atoms with Gasteiger partial charge in [0.15, 0.2) is 0 Å². The molecule has 40 heavy (non-hydrogen) atoms. The third-order valence-corrected chi connectivity index (χ3v) is 13.4. The van der Waals surface area contributed by atoms with Crippen molar-refractivity contribution in [3.63, 3.8) is 0 Å². The number of rotatable bonds is 8. The Kier molecular flexibility index (Phi) is 11.0. The van der Waals surface area contributed by atoms with Crippen LogP contribution in [0.15, 0.2) is 96.1 Å². The maximum Gasteiger partial charge on any atom is 1.00 e. The first-order valence-electron chi connectivity index (χ1n) is 14.3. The number of hydrogen-bond donors (Lipinski definition) is 0. The Morgan fingerprint density at radius 1 is 0.475 bits per heavy atom. The second-order valence-electron chi connectivity index (χ2n) is 11.8. The van der Waals surface area contributed by atoms with Crippen LogP contribution in [-0.2, 0) is 0 Å². The van der Waals surface area contributed by atoms with Crippen LogP contribution in [0.3, 0.4) is 0 Å². The molecule has 5 rings (SSSR count). The summed E-state index contributed by atoms with van der Waals surface area (Å²) in [6.45, 7) is 14.4. The molecule has 2 aliphatic rings. The molecule has 0 unspecified atom stereocenters. The molecule has 0 spiro atoms. The molecular formula is C36H40Li2Si2. The topological polar surface area (TPSA) is 0 Å². The maximum absolute atomic E-state index is 4.03. The summed E-state index contributed by atoms with van der Waals surface area (Å²) < 4.78 is 0. The molecule has 3 aromatic rings. The molecule has 0 nitrogen and oxygen atoms in total. The minimum atomic E-state index is -1.84. The zero-order chi connectivity index (χ0) is 26.9. The van der Waals surface area contributed by atoms with Gasteiger partial charge in [-0.1, -0.05) is 126 Å². The summed E-state index contributed by atoms with van der Waals surface area (Å²) in [4.78, 5) is 0. The van der Waals surface area contributed by atoms with E-state index in [4.69, 9.17) is 0 Å². The monoisotopic (exact) mass is 542 g/mol. The molecule has 0 bridgehead atoms. The number of hydrogen-bond acceptors (Lipinski definition) is 0. The Balaban J connectivity index is 0.00000220. The molecule has 0 aliphatic carbocycles. The molecule has 0 saturated carbocycles. The molecule has 2 aliphatic heterocycles. The zero-order valence-corrected chi connectivity index (χ0v) is 27.9. The van der Waals surface area contributed by atoms with Gasteiger partial charge in [-0.2, -0.15) is 11.1 Å². The molecule has 0 N–H and O–H groups in total. The van der Waals surface area contributed by atoms with E-state index in [1.165, 1.54) is 44.5 Å². The standard InChI is InChI=1S/C36H40Si2.2Li/c1-7-15-31-33(27-17-11-9-12-18-27)25-37(3,4)35(31)29-21-23-30(24-22-29)36-32(16-8-2)34(26-38(36,5)6)28-19-13-10-14-20-28;;/h9-14,17-24H,7-8,15-16H2,1-6H3;;/q-2;2*+1. The Labute approximate surface area is 269 Å². The van der Waals surface area contributed by atoms with Gasteiger partial charge in [-0.15, -0.1) is 56.9 Å². The van der Waals surface area contributed by atoms with Crippen LogP contribution in [0.2, 0.25) is 26.2 Å². The average Bonchev–Trinajstić information content (AvgIpc) is 3.34. The normalized spacial score (nSPS) is 17.2. The Morgan fingerprint density at radius 2 is 0.800 bits per heavy atom. The minimum Gasteiger partial charge on any atom is -0.202 e. The molecule has 2 heterocycles. The smallest absolute Gasteiger partial charge is 0.202 e. The fraction of sp³-hybridized carbons (Fsp3) is 0.278. The van der Waals surface area contributed by atoms with Crippen LogP contribution in [0.1, 0.15) is 61.8 Å². The van der Waals surface area contributed by atoms with E-state index in [0.29, 0.717) is 0 Å². The van der Waals surface area contributed by atoms with E-state index >= 15 is 0 Å². The van der Waals surface area contributed by atoms with Gasteiger partial charge < -0.3 is 0 Å². The summed E-state index contributed by atoms with van der Waals surface area (Å²) in [5, 5.41) is 3.15. The molecule has 3 aromatic carbocycles. The molecule has 0 aromatic heterocycles. The third-order valence-electron chi connectivity index (χ3n) is 7.92. The quantitative estimate of drug-likeness (QED) is 0.296. The van der Waals surface area contributed by atoms with E-state index in [9.17, 15) is 0 Å². The summed E-state index contributed by atoms with van der Waals surface area (Å²) in [7, 11) is -3.68. The van der Waals surface area contributed by atoms with Gasteiger partial charge in [-0.3, -0.25) is 0 Å². The third kappa shape index (κ3) is 6.35. The first-order valence-corrected chi connectivity index (χ1v) is 20.3. The zero-order valence-electron chi connectivity index (χ0n) is 25.9. The van der Waals surface area contributed by atoms with Gasteiger partial charge in [0.05, 0.1) is 0 Å². The van der Waals surface area contributed by atoms with E-state index in [1.54, 1.807) is 10.4 Å². The molecule has 0 radical (unpaired) electrons. The number of benzene rings is 3. The molecule has 194 valence electrons. The van der Waals surface area contributed by atoms with Gasteiger partial charge in [0, 0.05) is 16.1 Å². The van der Waals surface area contributed by atoms with Crippen molar-refractivity contribution in [2.45, 2.75) is 65.7 Å². The van der Waals surface area contributed by atoms with E-state index in [0.717, 1.165) is 25.7 Å². The van der Waals surface area contributed by atoms with Crippen molar-refractivity contribution in [2.24, 2.45) is 0 Å². The van der Waals surface area contributed by atoms with Gasteiger partial charge in [-0.25, -0.2) is 11.4 Å². The van der Waals surface area contributed by atoms with Crippen molar-refractivity contribution in [3.8, 4) is 0 Å². The SMILES string of the molecule is CCCC1=C(c2ccc(C3=C(CCC)C(c4ccccc4)=[C-][Si]3(C)C)cc2)[Si](C)(C)[C-]=C1c1ccccc1.[Li+].[Li+].